The summed E-state index contributed by atoms with van der Waals surface area (Å²) in [5.41, 5.74) is 2.03. The second-order valence-electron chi connectivity index (χ2n) is 7.20. The number of anilines is 2. The average molecular weight is 488 g/mol. The fourth-order valence-corrected chi connectivity index (χ4v) is 6.02. The normalized spacial score (nSPS) is 12.9. The number of aromatic nitrogens is 1. The molecular formula is C22H21N3O6S2. The van der Waals surface area contributed by atoms with Crippen molar-refractivity contribution in [1.29, 1.82) is 0 Å². The van der Waals surface area contributed by atoms with Gasteiger partial charge in [-0.05, 0) is 43.2 Å². The minimum absolute atomic E-state index is 0.0264. The summed E-state index contributed by atoms with van der Waals surface area (Å²) in [6.45, 7) is 1.95. The Kier molecular flexibility index (Phi) is 6.09. The first kappa shape index (κ1) is 22.7. The molecule has 0 fully saturated rings. The van der Waals surface area contributed by atoms with E-state index in [2.05, 4.69) is 10.3 Å². The molecule has 0 radical (unpaired) electrons. The predicted molar refractivity (Wildman–Crippen MR) is 124 cm³/mol. The number of esters is 1. The minimum atomic E-state index is -3.90. The van der Waals surface area contributed by atoms with Crippen LogP contribution in [0.25, 0.3) is 0 Å². The largest absolute Gasteiger partial charge is 0.496 e. The zero-order valence-electron chi connectivity index (χ0n) is 18.1. The van der Waals surface area contributed by atoms with Gasteiger partial charge in [-0.1, -0.05) is 29.5 Å². The highest BCUT2D eigenvalue weighted by atomic mass is 32.2. The van der Waals surface area contributed by atoms with E-state index < -0.39 is 21.9 Å². The third-order valence-corrected chi connectivity index (χ3v) is 8.10. The molecule has 1 aliphatic heterocycles. The summed E-state index contributed by atoms with van der Waals surface area (Å²) in [5, 5.41) is 2.79. The molecule has 3 aromatic rings. The number of aryl methyl sites for hydroxylation is 1. The molecule has 0 spiro atoms. The Morgan fingerprint density at radius 1 is 1.15 bits per heavy atom. The van der Waals surface area contributed by atoms with Crippen LogP contribution in [0.15, 0.2) is 47.4 Å². The average Bonchev–Trinajstić information content (AvgIpc) is 3.41. The summed E-state index contributed by atoms with van der Waals surface area (Å²) in [4.78, 5) is 29.2. The second-order valence-corrected chi connectivity index (χ2v) is 10.1. The van der Waals surface area contributed by atoms with Gasteiger partial charge in [-0.15, -0.1) is 0 Å². The molecule has 0 saturated heterocycles. The molecule has 9 nitrogen and oxygen atoms in total. The van der Waals surface area contributed by atoms with Gasteiger partial charge in [0.25, 0.3) is 15.9 Å². The molecule has 1 aromatic heterocycles. The van der Waals surface area contributed by atoms with E-state index in [4.69, 9.17) is 9.47 Å². The number of hydrogen-bond acceptors (Lipinski definition) is 8. The Hall–Kier alpha value is -3.44. The molecule has 33 heavy (non-hydrogen) atoms. The fourth-order valence-electron chi connectivity index (χ4n) is 3.61. The van der Waals surface area contributed by atoms with Crippen LogP contribution in [0, 0.1) is 6.92 Å². The van der Waals surface area contributed by atoms with E-state index in [0.29, 0.717) is 24.3 Å². The molecular weight excluding hydrogens is 466 g/mol. The number of amides is 1. The van der Waals surface area contributed by atoms with E-state index in [9.17, 15) is 18.0 Å². The first-order valence-electron chi connectivity index (χ1n) is 9.92. The summed E-state index contributed by atoms with van der Waals surface area (Å²) in [7, 11) is -1.25. The Balaban J connectivity index is 1.66. The standard InChI is InChI=1S/C22H21N3O6S2/c1-13-19(21(27)31-3)32-22(23-13)24-20(26)16-12-15(8-9-18(16)30-2)33(28,29)25-11-10-14-6-4-5-7-17(14)25/h4-9,12H,10-11H2,1-3H3,(H,23,24,26). The topological polar surface area (TPSA) is 115 Å². The van der Waals surface area contributed by atoms with E-state index in [-0.39, 0.29) is 26.2 Å². The van der Waals surface area contributed by atoms with Crippen molar-refractivity contribution < 1.29 is 27.5 Å². The zero-order chi connectivity index (χ0) is 23.8. The molecule has 4 rings (SSSR count). The van der Waals surface area contributed by atoms with Crippen molar-refractivity contribution in [2.75, 3.05) is 30.4 Å². The third kappa shape index (κ3) is 4.16. The van der Waals surface area contributed by atoms with Crippen molar-refractivity contribution in [3.63, 3.8) is 0 Å². The highest BCUT2D eigenvalue weighted by molar-refractivity contribution is 7.92. The lowest BCUT2D eigenvalue weighted by Crippen LogP contribution is -2.29. The quantitative estimate of drug-likeness (QED) is 0.531. The number of para-hydroxylation sites is 1. The number of rotatable bonds is 6. The van der Waals surface area contributed by atoms with Crippen molar-refractivity contribution in [2.24, 2.45) is 0 Å². The van der Waals surface area contributed by atoms with Gasteiger partial charge in [0.05, 0.1) is 36.1 Å². The number of carbonyl (C=O) groups excluding carboxylic acids is 2. The van der Waals surface area contributed by atoms with Gasteiger partial charge in [-0.3, -0.25) is 14.4 Å². The van der Waals surface area contributed by atoms with Crippen molar-refractivity contribution in [3.05, 3.63) is 64.2 Å². The lowest BCUT2D eigenvalue weighted by atomic mass is 10.2. The maximum absolute atomic E-state index is 13.4. The molecule has 0 aliphatic carbocycles. The van der Waals surface area contributed by atoms with E-state index >= 15 is 0 Å². The lowest BCUT2D eigenvalue weighted by Gasteiger charge is -2.20. The van der Waals surface area contributed by atoms with E-state index in [1.54, 1.807) is 19.1 Å². The SMILES string of the molecule is COC(=O)c1sc(NC(=O)c2cc(S(=O)(=O)N3CCc4ccccc43)ccc2OC)nc1C. The number of benzene rings is 2. The molecule has 1 N–H and O–H groups in total. The van der Waals surface area contributed by atoms with Crippen LogP contribution in [0.4, 0.5) is 10.8 Å². The van der Waals surface area contributed by atoms with Crippen LogP contribution in [0.2, 0.25) is 0 Å². The minimum Gasteiger partial charge on any atom is -0.496 e. The highest BCUT2D eigenvalue weighted by Gasteiger charge is 2.31. The first-order valence-corrected chi connectivity index (χ1v) is 12.2. The number of thiazole rings is 1. The number of nitrogens with one attached hydrogen (secondary N) is 1. The molecule has 0 atom stereocenters. The maximum Gasteiger partial charge on any atom is 0.350 e. The van der Waals surface area contributed by atoms with Gasteiger partial charge in [0, 0.05) is 6.54 Å². The van der Waals surface area contributed by atoms with Crippen molar-refractivity contribution in [1.82, 2.24) is 4.98 Å². The molecule has 0 saturated carbocycles. The van der Waals surface area contributed by atoms with Crippen molar-refractivity contribution in [2.45, 2.75) is 18.2 Å². The molecule has 2 heterocycles. The number of ether oxygens (including phenoxy) is 2. The Bertz CT molecular complexity index is 1350. The number of carbonyl (C=O) groups is 2. The summed E-state index contributed by atoms with van der Waals surface area (Å²) in [6.07, 6.45) is 0.616. The maximum atomic E-state index is 13.4. The number of nitrogens with zero attached hydrogens (tertiary/aromatic N) is 2. The van der Waals surface area contributed by atoms with E-state index in [0.717, 1.165) is 16.9 Å². The van der Waals surface area contributed by atoms with Crippen LogP contribution >= 0.6 is 11.3 Å². The zero-order valence-corrected chi connectivity index (χ0v) is 19.7. The van der Waals surface area contributed by atoms with Crippen LogP contribution in [0.1, 0.15) is 31.3 Å². The predicted octanol–water partition coefficient (Wildman–Crippen LogP) is 3.25. The van der Waals surface area contributed by atoms with Gasteiger partial charge in [0.1, 0.15) is 10.6 Å². The Morgan fingerprint density at radius 3 is 2.64 bits per heavy atom. The van der Waals surface area contributed by atoms with Gasteiger partial charge < -0.3 is 9.47 Å². The fraction of sp³-hybridized carbons (Fsp3) is 0.227. The van der Waals surface area contributed by atoms with Crippen molar-refractivity contribution >= 4 is 44.1 Å². The van der Waals surface area contributed by atoms with Gasteiger partial charge >= 0.3 is 5.97 Å². The molecule has 1 aliphatic rings. The van der Waals surface area contributed by atoms with E-state index in [1.165, 1.54) is 36.7 Å². The summed E-state index contributed by atoms with van der Waals surface area (Å²) < 4.78 is 38.1. The summed E-state index contributed by atoms with van der Waals surface area (Å²) in [5.74, 6) is -0.965. The monoisotopic (exact) mass is 487 g/mol. The van der Waals surface area contributed by atoms with Gasteiger partial charge in [0.2, 0.25) is 0 Å². The molecule has 0 unspecified atom stereocenters. The van der Waals surface area contributed by atoms with Crippen LogP contribution in [-0.2, 0) is 21.2 Å². The lowest BCUT2D eigenvalue weighted by molar-refractivity contribution is 0.0605. The van der Waals surface area contributed by atoms with E-state index in [1.807, 2.05) is 12.1 Å². The molecule has 11 heteroatoms. The number of fused-ring (bicyclic) bond motifs is 1. The number of hydrogen-bond donors (Lipinski definition) is 1. The molecule has 2 aromatic carbocycles. The summed E-state index contributed by atoms with van der Waals surface area (Å²) in [6, 6.07) is 11.5. The van der Waals surface area contributed by atoms with Gasteiger partial charge in [-0.2, -0.15) is 0 Å². The van der Waals surface area contributed by atoms with Crippen molar-refractivity contribution in [3.8, 4) is 5.75 Å². The first-order chi connectivity index (χ1) is 15.8. The highest BCUT2D eigenvalue weighted by Crippen LogP contribution is 2.34. The number of methoxy groups -OCH3 is 2. The van der Waals surface area contributed by atoms with Crippen LogP contribution < -0.4 is 14.4 Å². The second kappa shape index (κ2) is 8.83. The Morgan fingerprint density at radius 2 is 1.91 bits per heavy atom. The van der Waals surface area contributed by atoms with Crippen LogP contribution in [-0.4, -0.2) is 46.0 Å². The Labute approximate surface area is 195 Å². The van der Waals surface area contributed by atoms with Gasteiger partial charge in [0.15, 0.2) is 5.13 Å². The van der Waals surface area contributed by atoms with Gasteiger partial charge in [-0.25, -0.2) is 18.2 Å². The summed E-state index contributed by atoms with van der Waals surface area (Å²) >= 11 is 0.966. The number of sulfonamides is 1. The van der Waals surface area contributed by atoms with Crippen LogP contribution in [0.5, 0.6) is 5.75 Å². The molecule has 0 bridgehead atoms. The molecule has 1 amide bonds. The molecule has 172 valence electrons. The third-order valence-electron chi connectivity index (χ3n) is 5.24. The smallest absolute Gasteiger partial charge is 0.350 e. The van der Waals surface area contributed by atoms with Crippen LogP contribution in [0.3, 0.4) is 0 Å².